The highest BCUT2D eigenvalue weighted by Crippen LogP contribution is 2.23. The van der Waals surface area contributed by atoms with Crippen molar-refractivity contribution in [3.63, 3.8) is 0 Å². The molecule has 0 aliphatic rings. The second kappa shape index (κ2) is 3.67. The quantitative estimate of drug-likeness (QED) is 0.520. The largest absolute Gasteiger partial charge is 0.433 e. The average Bonchev–Trinajstić information content (AvgIpc) is 2.34. The molecule has 0 saturated carbocycles. The van der Waals surface area contributed by atoms with Crippen LogP contribution in [0.3, 0.4) is 0 Å². The smallest absolute Gasteiger partial charge is 0.260 e. The average molecular weight is 204 g/mol. The van der Waals surface area contributed by atoms with Gasteiger partial charge in [-0.25, -0.2) is 0 Å². The summed E-state index contributed by atoms with van der Waals surface area (Å²) in [6.07, 6.45) is 0. The predicted molar refractivity (Wildman–Crippen MR) is 48.1 cm³/mol. The number of thiophene rings is 1. The van der Waals surface area contributed by atoms with Gasteiger partial charge < -0.3 is 4.74 Å². The molecule has 5 heteroatoms. The van der Waals surface area contributed by atoms with E-state index in [2.05, 4.69) is 12.2 Å². The highest BCUT2D eigenvalue weighted by Gasteiger charge is 2.05. The van der Waals surface area contributed by atoms with Crippen LogP contribution in [-0.2, 0) is 0 Å². The Morgan fingerprint density at radius 3 is 3.09 bits per heavy atom. The molecule has 1 rings (SSSR count). The van der Waals surface area contributed by atoms with Crippen molar-refractivity contribution < 1.29 is 4.74 Å². The minimum Gasteiger partial charge on any atom is -0.433 e. The fourth-order valence-corrected chi connectivity index (χ4v) is 1.33. The number of rotatable bonds is 1. The number of nitrogens with zero attached hydrogens (tertiary/aromatic N) is 1. The predicted octanol–water partition coefficient (Wildman–Crippen LogP) is 2.52. The molecule has 11 heavy (non-hydrogen) atoms. The van der Waals surface area contributed by atoms with E-state index in [4.69, 9.17) is 21.6 Å². The van der Waals surface area contributed by atoms with Crippen LogP contribution < -0.4 is 4.74 Å². The fraction of sp³-hybridized carbons (Fsp3) is 0. The number of hydrogen-bond acceptors (Lipinski definition) is 4. The first-order chi connectivity index (χ1) is 5.24. The minimum absolute atomic E-state index is 0.0973. The third-order valence-corrected chi connectivity index (χ3v) is 1.88. The molecule has 0 bridgehead atoms. The maximum Gasteiger partial charge on any atom is 0.260 e. The third kappa shape index (κ3) is 2.15. The Morgan fingerprint density at radius 2 is 2.55 bits per heavy atom. The molecule has 0 N–H and O–H groups in total. The second-order valence-electron chi connectivity index (χ2n) is 1.57. The molecule has 56 valence electrons. The van der Waals surface area contributed by atoms with Crippen molar-refractivity contribution in [2.24, 2.45) is 0 Å². The normalized spacial score (nSPS) is 8.73. The monoisotopic (exact) mass is 203 g/mol. The van der Waals surface area contributed by atoms with Gasteiger partial charge in [0.15, 0.2) is 5.75 Å². The van der Waals surface area contributed by atoms with Crippen molar-refractivity contribution in [1.29, 1.82) is 5.26 Å². The van der Waals surface area contributed by atoms with E-state index >= 15 is 0 Å². The molecule has 0 atom stereocenters. The molecule has 0 radical (unpaired) electrons. The molecule has 1 heterocycles. The van der Waals surface area contributed by atoms with Gasteiger partial charge in [-0.05, 0) is 35.3 Å². The van der Waals surface area contributed by atoms with E-state index in [-0.39, 0.29) is 4.51 Å². The molecule has 0 spiro atoms. The van der Waals surface area contributed by atoms with Crippen molar-refractivity contribution in [1.82, 2.24) is 0 Å². The molecule has 0 saturated heterocycles. The van der Waals surface area contributed by atoms with Gasteiger partial charge in [0.2, 0.25) is 0 Å². The van der Waals surface area contributed by atoms with Gasteiger partial charge in [-0.3, -0.25) is 0 Å². The number of ether oxygens (including phenoxy) is 1. The first-order valence-corrected chi connectivity index (χ1v) is 4.25. The third-order valence-electron chi connectivity index (χ3n) is 0.921. The van der Waals surface area contributed by atoms with Crippen LogP contribution in [0.15, 0.2) is 11.4 Å². The summed E-state index contributed by atoms with van der Waals surface area (Å²) in [5.74, 6) is 0.428. The molecule has 0 aliphatic heterocycles. The lowest BCUT2D eigenvalue weighted by Gasteiger charge is -1.95. The Bertz CT molecular complexity index is 315. The van der Waals surface area contributed by atoms with Gasteiger partial charge in [-0.15, -0.1) is 11.3 Å². The van der Waals surface area contributed by atoms with Gasteiger partial charge in [0.25, 0.3) is 4.51 Å². The van der Waals surface area contributed by atoms with Crippen LogP contribution in [0.25, 0.3) is 0 Å². The van der Waals surface area contributed by atoms with Gasteiger partial charge in [-0.2, -0.15) is 5.26 Å². The lowest BCUT2D eigenvalue weighted by atomic mass is 10.5. The molecular formula is C6H2ClNOS2. The summed E-state index contributed by atoms with van der Waals surface area (Å²) >= 11 is 11.1. The van der Waals surface area contributed by atoms with Crippen molar-refractivity contribution >= 4 is 39.7 Å². The van der Waals surface area contributed by atoms with Crippen LogP contribution >= 0.6 is 35.2 Å². The van der Waals surface area contributed by atoms with Crippen molar-refractivity contribution in [2.75, 3.05) is 0 Å². The van der Waals surface area contributed by atoms with Crippen LogP contribution in [0, 0.1) is 11.3 Å². The van der Waals surface area contributed by atoms with E-state index in [0.29, 0.717) is 10.6 Å². The van der Waals surface area contributed by atoms with Crippen molar-refractivity contribution in [2.45, 2.75) is 0 Å². The SMILES string of the molecule is N#Cc1sccc1OC(=S)Cl. The van der Waals surface area contributed by atoms with Crippen LogP contribution in [0.2, 0.25) is 0 Å². The summed E-state index contributed by atoms with van der Waals surface area (Å²) in [4.78, 5) is 0.480. The van der Waals surface area contributed by atoms with Crippen LogP contribution in [0.4, 0.5) is 0 Å². The summed E-state index contributed by atoms with van der Waals surface area (Å²) < 4.78 is 4.76. The molecule has 1 aromatic heterocycles. The van der Waals surface area contributed by atoms with Gasteiger partial charge in [0.05, 0.1) is 0 Å². The first kappa shape index (κ1) is 8.47. The molecule has 0 amide bonds. The Kier molecular flexibility index (Phi) is 2.83. The zero-order chi connectivity index (χ0) is 8.27. The summed E-state index contributed by atoms with van der Waals surface area (Å²) in [5.41, 5.74) is 0. The Morgan fingerprint density at radius 1 is 1.82 bits per heavy atom. The number of nitriles is 1. The molecule has 0 unspecified atom stereocenters. The van der Waals surface area contributed by atoms with E-state index in [1.54, 1.807) is 11.4 Å². The van der Waals surface area contributed by atoms with E-state index in [9.17, 15) is 0 Å². The molecular weight excluding hydrogens is 202 g/mol. The Hall–Kier alpha value is -0.630. The van der Waals surface area contributed by atoms with E-state index in [1.807, 2.05) is 6.07 Å². The zero-order valence-corrected chi connectivity index (χ0v) is 7.59. The molecule has 0 aliphatic carbocycles. The van der Waals surface area contributed by atoms with Gasteiger partial charge in [0.1, 0.15) is 10.9 Å². The molecule has 2 nitrogen and oxygen atoms in total. The highest BCUT2D eigenvalue weighted by molar-refractivity contribution is 7.82. The van der Waals surface area contributed by atoms with Gasteiger partial charge in [-0.1, -0.05) is 0 Å². The van der Waals surface area contributed by atoms with E-state index in [1.165, 1.54) is 11.3 Å². The molecule has 0 aromatic carbocycles. The summed E-state index contributed by atoms with van der Waals surface area (Å²) in [5, 5.41) is 10.3. The fourth-order valence-electron chi connectivity index (χ4n) is 0.546. The second-order valence-corrected chi connectivity index (χ2v) is 3.42. The summed E-state index contributed by atoms with van der Waals surface area (Å²) in [6.45, 7) is 0. The Labute approximate surface area is 78.0 Å². The van der Waals surface area contributed by atoms with Crippen LogP contribution in [-0.4, -0.2) is 4.51 Å². The standard InChI is InChI=1S/C6H2ClNOS2/c7-6(10)9-4-1-2-11-5(4)3-8/h1-2H. The van der Waals surface area contributed by atoms with Crippen LogP contribution in [0.5, 0.6) is 5.75 Å². The van der Waals surface area contributed by atoms with E-state index in [0.717, 1.165) is 0 Å². The molecule has 0 fully saturated rings. The highest BCUT2D eigenvalue weighted by atomic mass is 35.5. The maximum absolute atomic E-state index is 8.51. The van der Waals surface area contributed by atoms with Gasteiger partial charge >= 0.3 is 0 Å². The van der Waals surface area contributed by atoms with Crippen molar-refractivity contribution in [3.05, 3.63) is 16.3 Å². The zero-order valence-electron chi connectivity index (χ0n) is 5.20. The van der Waals surface area contributed by atoms with E-state index < -0.39 is 0 Å². The number of thiocarbonyl (C=S) groups is 1. The summed E-state index contributed by atoms with van der Waals surface area (Å²) in [6, 6.07) is 3.61. The number of hydrogen-bond donors (Lipinski definition) is 0. The topological polar surface area (TPSA) is 33.0 Å². The minimum atomic E-state index is -0.0973. The summed E-state index contributed by atoms with van der Waals surface area (Å²) in [7, 11) is 0. The Balaban J connectivity index is 2.87. The lowest BCUT2D eigenvalue weighted by Crippen LogP contribution is -1.95. The number of halogens is 1. The van der Waals surface area contributed by atoms with Crippen molar-refractivity contribution in [3.8, 4) is 11.8 Å². The molecule has 1 aromatic rings. The lowest BCUT2D eigenvalue weighted by molar-refractivity contribution is 0.579. The van der Waals surface area contributed by atoms with Crippen LogP contribution in [0.1, 0.15) is 4.88 Å². The maximum atomic E-state index is 8.51. The van der Waals surface area contributed by atoms with Gasteiger partial charge in [0, 0.05) is 0 Å². The first-order valence-electron chi connectivity index (χ1n) is 2.59.